The molecule has 0 radical (unpaired) electrons. The molecule has 4 nitrogen and oxygen atoms in total. The van der Waals surface area contributed by atoms with Crippen LogP contribution < -0.4 is 0 Å². The second-order valence-electron chi connectivity index (χ2n) is 6.76. The van der Waals surface area contributed by atoms with Gasteiger partial charge in [0.15, 0.2) is 5.65 Å². The number of imidazole rings is 1. The summed E-state index contributed by atoms with van der Waals surface area (Å²) in [7, 11) is 1.98. The van der Waals surface area contributed by atoms with Crippen LogP contribution in [0.3, 0.4) is 0 Å². The topological polar surface area (TPSA) is 35.6 Å². The van der Waals surface area contributed by atoms with E-state index in [1.165, 1.54) is 0 Å². The lowest BCUT2D eigenvalue weighted by molar-refractivity contribution is 0.457. The molecule has 0 saturated heterocycles. The van der Waals surface area contributed by atoms with Gasteiger partial charge in [-0.25, -0.2) is 4.98 Å². The first-order valence-electron chi connectivity index (χ1n) is 6.70. The third kappa shape index (κ3) is 1.41. The van der Waals surface area contributed by atoms with E-state index in [1.54, 1.807) is 0 Å². The lowest BCUT2D eigenvalue weighted by Crippen LogP contribution is -2.08. The molecular formula is C14H21ClN4. The van der Waals surface area contributed by atoms with Crippen molar-refractivity contribution in [3.8, 4) is 0 Å². The van der Waals surface area contributed by atoms with Crippen molar-refractivity contribution < 1.29 is 0 Å². The zero-order valence-electron chi connectivity index (χ0n) is 12.5. The second-order valence-corrected chi connectivity index (χ2v) is 7.03. The van der Waals surface area contributed by atoms with E-state index in [0.29, 0.717) is 11.9 Å². The van der Waals surface area contributed by atoms with Gasteiger partial charge in [-0.1, -0.05) is 27.7 Å². The molecule has 104 valence electrons. The van der Waals surface area contributed by atoms with Crippen LogP contribution in [0, 0.1) is 17.8 Å². The zero-order valence-corrected chi connectivity index (χ0v) is 13.2. The molecule has 5 heteroatoms. The standard InChI is InChI=1S/C14H21ClN4/c1-8-10-11(18(6)17-8)19(9(7-15)16-10)12-13(2,3)14(12,4)5/h12H,7H2,1-6H3. The molecule has 1 saturated carbocycles. The van der Waals surface area contributed by atoms with Crippen LogP contribution >= 0.6 is 11.6 Å². The Bertz CT molecular complexity index is 649. The molecule has 1 aliphatic carbocycles. The highest BCUT2D eigenvalue weighted by molar-refractivity contribution is 6.16. The van der Waals surface area contributed by atoms with Gasteiger partial charge in [0.25, 0.3) is 0 Å². The molecule has 2 aromatic heterocycles. The summed E-state index contributed by atoms with van der Waals surface area (Å²) in [6.07, 6.45) is 0. The predicted molar refractivity (Wildman–Crippen MR) is 77.4 cm³/mol. The molecule has 0 unspecified atom stereocenters. The highest BCUT2D eigenvalue weighted by Gasteiger charge is 2.66. The van der Waals surface area contributed by atoms with Crippen molar-refractivity contribution in [1.29, 1.82) is 0 Å². The Morgan fingerprint density at radius 3 is 2.26 bits per heavy atom. The molecule has 0 amide bonds. The maximum absolute atomic E-state index is 6.11. The first-order chi connectivity index (χ1) is 8.73. The van der Waals surface area contributed by atoms with Gasteiger partial charge in [-0.3, -0.25) is 4.68 Å². The number of aromatic nitrogens is 4. The van der Waals surface area contributed by atoms with Gasteiger partial charge in [-0.15, -0.1) is 11.6 Å². The number of alkyl halides is 1. The van der Waals surface area contributed by atoms with Gasteiger partial charge in [0.2, 0.25) is 0 Å². The average molecular weight is 281 g/mol. The Hall–Kier alpha value is -1.03. The molecular weight excluding hydrogens is 260 g/mol. The monoisotopic (exact) mass is 280 g/mol. The summed E-state index contributed by atoms with van der Waals surface area (Å²) in [5, 5.41) is 4.48. The van der Waals surface area contributed by atoms with Crippen LogP contribution in [0.25, 0.3) is 11.2 Å². The average Bonchev–Trinajstić information content (AvgIpc) is 2.66. The van der Waals surface area contributed by atoms with Crippen molar-refractivity contribution in [3.05, 3.63) is 11.5 Å². The van der Waals surface area contributed by atoms with Crippen molar-refractivity contribution >= 4 is 22.8 Å². The predicted octanol–water partition coefficient (Wildman–Crippen LogP) is 3.42. The van der Waals surface area contributed by atoms with Gasteiger partial charge in [-0.05, 0) is 17.8 Å². The van der Waals surface area contributed by atoms with E-state index in [1.807, 2.05) is 18.7 Å². The molecule has 2 heterocycles. The van der Waals surface area contributed by atoms with Gasteiger partial charge in [0, 0.05) is 13.1 Å². The Morgan fingerprint density at radius 2 is 1.79 bits per heavy atom. The summed E-state index contributed by atoms with van der Waals surface area (Å²) in [5.41, 5.74) is 3.55. The Morgan fingerprint density at radius 1 is 1.21 bits per heavy atom. The number of hydrogen-bond acceptors (Lipinski definition) is 2. The van der Waals surface area contributed by atoms with Crippen LogP contribution in [0.1, 0.15) is 45.3 Å². The van der Waals surface area contributed by atoms with Crippen molar-refractivity contribution in [2.75, 3.05) is 0 Å². The van der Waals surface area contributed by atoms with Gasteiger partial charge >= 0.3 is 0 Å². The summed E-state index contributed by atoms with van der Waals surface area (Å²) in [6, 6.07) is 0.425. The molecule has 0 aromatic carbocycles. The third-order valence-electron chi connectivity index (χ3n) is 5.23. The second kappa shape index (κ2) is 3.54. The maximum Gasteiger partial charge on any atom is 0.159 e. The fraction of sp³-hybridized carbons (Fsp3) is 0.714. The summed E-state index contributed by atoms with van der Waals surface area (Å²) < 4.78 is 4.24. The largest absolute Gasteiger partial charge is 0.308 e. The summed E-state index contributed by atoms with van der Waals surface area (Å²) in [5.74, 6) is 1.40. The summed E-state index contributed by atoms with van der Waals surface area (Å²) >= 11 is 6.11. The van der Waals surface area contributed by atoms with E-state index in [9.17, 15) is 0 Å². The number of nitrogens with zero attached hydrogens (tertiary/aromatic N) is 4. The van der Waals surface area contributed by atoms with Gasteiger partial charge in [-0.2, -0.15) is 5.10 Å². The third-order valence-corrected chi connectivity index (χ3v) is 5.47. The fourth-order valence-electron chi connectivity index (χ4n) is 3.51. The molecule has 1 aliphatic rings. The van der Waals surface area contributed by atoms with Crippen LogP contribution in [-0.4, -0.2) is 19.3 Å². The van der Waals surface area contributed by atoms with Crippen molar-refractivity contribution in [3.63, 3.8) is 0 Å². The van der Waals surface area contributed by atoms with Crippen LogP contribution in [-0.2, 0) is 12.9 Å². The number of hydrogen-bond donors (Lipinski definition) is 0. The number of rotatable bonds is 2. The normalized spacial score (nSPS) is 21.2. The molecule has 2 aromatic rings. The minimum absolute atomic E-state index is 0.250. The van der Waals surface area contributed by atoms with Crippen LogP contribution in [0.4, 0.5) is 0 Å². The van der Waals surface area contributed by atoms with E-state index >= 15 is 0 Å². The lowest BCUT2D eigenvalue weighted by Gasteiger charge is -2.10. The molecule has 1 fully saturated rings. The minimum atomic E-state index is 0.250. The highest BCUT2D eigenvalue weighted by Crippen LogP contribution is 2.72. The van der Waals surface area contributed by atoms with Crippen LogP contribution in [0.5, 0.6) is 0 Å². The van der Waals surface area contributed by atoms with E-state index in [2.05, 4.69) is 37.4 Å². The molecule has 0 bridgehead atoms. The van der Waals surface area contributed by atoms with E-state index in [0.717, 1.165) is 22.7 Å². The number of halogens is 1. The molecule has 0 atom stereocenters. The first kappa shape index (κ1) is 13.0. The number of fused-ring (bicyclic) bond motifs is 1. The molecule has 0 spiro atoms. The van der Waals surface area contributed by atoms with Crippen LogP contribution in [0.2, 0.25) is 0 Å². The Balaban J connectivity index is 2.29. The molecule has 0 aliphatic heterocycles. The van der Waals surface area contributed by atoms with Gasteiger partial charge in [0.05, 0.1) is 11.6 Å². The van der Waals surface area contributed by atoms with Gasteiger partial charge in [0.1, 0.15) is 11.3 Å². The maximum atomic E-state index is 6.11. The van der Waals surface area contributed by atoms with Crippen LogP contribution in [0.15, 0.2) is 0 Å². The SMILES string of the molecule is Cc1nn(C)c2c1nc(CCl)n2C1C(C)(C)C1(C)C. The Kier molecular flexibility index (Phi) is 2.42. The molecule has 0 N–H and O–H groups in total. The quantitative estimate of drug-likeness (QED) is 0.790. The summed E-state index contributed by atoms with van der Waals surface area (Å²) in [6.45, 7) is 11.2. The van der Waals surface area contributed by atoms with E-state index < -0.39 is 0 Å². The van der Waals surface area contributed by atoms with Crippen molar-refractivity contribution in [2.45, 2.75) is 46.5 Å². The molecule has 3 rings (SSSR count). The van der Waals surface area contributed by atoms with E-state index in [-0.39, 0.29) is 10.8 Å². The zero-order chi connectivity index (χ0) is 14.2. The van der Waals surface area contributed by atoms with Gasteiger partial charge < -0.3 is 4.57 Å². The highest BCUT2D eigenvalue weighted by atomic mass is 35.5. The van der Waals surface area contributed by atoms with E-state index in [4.69, 9.17) is 16.6 Å². The minimum Gasteiger partial charge on any atom is -0.308 e. The smallest absolute Gasteiger partial charge is 0.159 e. The molecule has 19 heavy (non-hydrogen) atoms. The first-order valence-corrected chi connectivity index (χ1v) is 7.23. The Labute approximate surface area is 118 Å². The fourth-order valence-corrected chi connectivity index (χ4v) is 3.70. The van der Waals surface area contributed by atoms with Crippen molar-refractivity contribution in [1.82, 2.24) is 19.3 Å². The van der Waals surface area contributed by atoms with Crippen molar-refractivity contribution in [2.24, 2.45) is 17.9 Å². The summed E-state index contributed by atoms with van der Waals surface area (Å²) in [4.78, 5) is 4.69. The number of aryl methyl sites for hydroxylation is 2. The lowest BCUT2D eigenvalue weighted by atomic mass is 10.0.